The van der Waals surface area contributed by atoms with Crippen LogP contribution in [-0.2, 0) is 14.3 Å². The second-order valence-electron chi connectivity index (χ2n) is 6.66. The summed E-state index contributed by atoms with van der Waals surface area (Å²) in [6.45, 7) is 2.50. The number of ether oxygens (including phenoxy) is 1. The number of carbonyl (C=O) groups is 4. The average molecular weight is 398 g/mol. The Hall–Kier alpha value is -3.55. The summed E-state index contributed by atoms with van der Waals surface area (Å²) in [5.41, 5.74) is 1.14. The van der Waals surface area contributed by atoms with Crippen molar-refractivity contribution in [2.24, 2.45) is 0 Å². The summed E-state index contributed by atoms with van der Waals surface area (Å²) in [7, 11) is 0. The highest BCUT2D eigenvalue weighted by Crippen LogP contribution is 2.22. The molecule has 29 heavy (non-hydrogen) atoms. The Morgan fingerprint density at radius 2 is 1.55 bits per heavy atom. The van der Waals surface area contributed by atoms with Gasteiger partial charge in [0, 0.05) is 0 Å². The Kier molecular flexibility index (Phi) is 5.72. The fraction of sp³-hybridized carbons (Fsp3) is 0.238. The largest absolute Gasteiger partial charge is 0.451 e. The molecule has 2 atom stereocenters. The van der Waals surface area contributed by atoms with Crippen molar-refractivity contribution in [1.82, 2.24) is 10.2 Å². The van der Waals surface area contributed by atoms with Crippen LogP contribution >= 0.6 is 0 Å². The topological polar surface area (TPSA) is 92.8 Å². The molecule has 3 rings (SSSR count). The summed E-state index contributed by atoms with van der Waals surface area (Å²) in [5, 5.41) is 2.66. The summed E-state index contributed by atoms with van der Waals surface area (Å²) in [5.74, 6) is -2.98. The summed E-state index contributed by atoms with van der Waals surface area (Å²) >= 11 is 0. The number of hydrogen-bond donors (Lipinski definition) is 1. The zero-order valence-electron chi connectivity index (χ0n) is 15.8. The number of amides is 3. The average Bonchev–Trinajstić information content (AvgIpc) is 2.93. The van der Waals surface area contributed by atoms with Gasteiger partial charge >= 0.3 is 5.97 Å². The Morgan fingerprint density at radius 1 is 1.00 bits per heavy atom. The first-order chi connectivity index (χ1) is 13.8. The SMILES string of the molecule is CC(OC(=O)CN1C(=O)c2ccccc2C1=O)C(=O)NC(C)c1ccc(F)cc1. The van der Waals surface area contributed by atoms with E-state index in [-0.39, 0.29) is 16.9 Å². The van der Waals surface area contributed by atoms with E-state index in [2.05, 4.69) is 5.32 Å². The number of benzene rings is 2. The van der Waals surface area contributed by atoms with Crippen LogP contribution in [0, 0.1) is 5.82 Å². The van der Waals surface area contributed by atoms with E-state index >= 15 is 0 Å². The number of fused-ring (bicyclic) bond motifs is 1. The molecule has 0 aliphatic carbocycles. The van der Waals surface area contributed by atoms with Crippen molar-refractivity contribution in [2.75, 3.05) is 6.54 Å². The van der Waals surface area contributed by atoms with E-state index in [1.807, 2.05) is 0 Å². The normalized spacial score (nSPS) is 14.9. The highest BCUT2D eigenvalue weighted by Gasteiger charge is 2.37. The zero-order valence-corrected chi connectivity index (χ0v) is 15.8. The van der Waals surface area contributed by atoms with E-state index in [0.29, 0.717) is 5.56 Å². The first kappa shape index (κ1) is 20.2. The smallest absolute Gasteiger partial charge is 0.326 e. The van der Waals surface area contributed by atoms with Crippen molar-refractivity contribution in [3.8, 4) is 0 Å². The summed E-state index contributed by atoms with van der Waals surface area (Å²) in [4.78, 5) is 49.8. The standard InChI is InChI=1S/C21H19FN2O5/c1-12(14-7-9-15(22)10-8-14)23-19(26)13(2)29-18(25)11-24-20(27)16-5-3-4-6-17(16)21(24)28/h3-10,12-13H,11H2,1-2H3,(H,23,26). The molecule has 0 radical (unpaired) electrons. The van der Waals surface area contributed by atoms with E-state index in [1.54, 1.807) is 31.2 Å². The van der Waals surface area contributed by atoms with E-state index in [1.165, 1.54) is 31.2 Å². The molecule has 2 aromatic carbocycles. The molecule has 1 N–H and O–H groups in total. The molecular weight excluding hydrogens is 379 g/mol. The second kappa shape index (κ2) is 8.22. The van der Waals surface area contributed by atoms with Crippen LogP contribution in [0.25, 0.3) is 0 Å². The third kappa shape index (κ3) is 4.31. The Balaban J connectivity index is 1.55. The highest BCUT2D eigenvalue weighted by atomic mass is 19.1. The molecule has 0 aromatic heterocycles. The molecule has 0 spiro atoms. The molecule has 2 unspecified atom stereocenters. The van der Waals surface area contributed by atoms with Crippen LogP contribution < -0.4 is 5.32 Å². The predicted molar refractivity (Wildman–Crippen MR) is 100 cm³/mol. The third-order valence-corrected chi connectivity index (χ3v) is 4.57. The van der Waals surface area contributed by atoms with Crippen molar-refractivity contribution < 1.29 is 28.3 Å². The highest BCUT2D eigenvalue weighted by molar-refractivity contribution is 6.22. The predicted octanol–water partition coefficient (Wildman–Crippen LogP) is 2.23. The van der Waals surface area contributed by atoms with Gasteiger partial charge in [0.2, 0.25) is 0 Å². The molecule has 2 aromatic rings. The van der Waals surface area contributed by atoms with Gasteiger partial charge in [0.05, 0.1) is 17.2 Å². The Labute approximate surface area is 166 Å². The molecule has 0 saturated heterocycles. The minimum atomic E-state index is -1.14. The lowest BCUT2D eigenvalue weighted by Gasteiger charge is -2.19. The molecule has 7 nitrogen and oxygen atoms in total. The molecule has 1 aliphatic rings. The molecule has 0 bridgehead atoms. The van der Waals surface area contributed by atoms with Gasteiger partial charge in [0.15, 0.2) is 6.10 Å². The number of rotatable bonds is 6. The van der Waals surface area contributed by atoms with Crippen LogP contribution in [0.2, 0.25) is 0 Å². The lowest BCUT2D eigenvalue weighted by molar-refractivity contribution is -0.155. The van der Waals surface area contributed by atoms with E-state index in [9.17, 15) is 23.6 Å². The number of imide groups is 1. The van der Waals surface area contributed by atoms with Crippen LogP contribution in [0.3, 0.4) is 0 Å². The molecule has 1 aliphatic heterocycles. The van der Waals surface area contributed by atoms with Gasteiger partial charge in [-0.05, 0) is 43.7 Å². The van der Waals surface area contributed by atoms with Gasteiger partial charge in [0.25, 0.3) is 17.7 Å². The summed E-state index contributed by atoms with van der Waals surface area (Å²) in [6.07, 6.45) is -1.14. The number of nitrogens with zero attached hydrogens (tertiary/aromatic N) is 1. The number of esters is 1. The first-order valence-corrected chi connectivity index (χ1v) is 8.98. The Morgan fingerprint density at radius 3 is 2.10 bits per heavy atom. The monoisotopic (exact) mass is 398 g/mol. The molecule has 8 heteroatoms. The van der Waals surface area contributed by atoms with E-state index < -0.39 is 42.4 Å². The quantitative estimate of drug-likeness (QED) is 0.595. The van der Waals surface area contributed by atoms with Crippen LogP contribution in [0.5, 0.6) is 0 Å². The second-order valence-corrected chi connectivity index (χ2v) is 6.66. The van der Waals surface area contributed by atoms with Crippen LogP contribution in [-0.4, -0.2) is 41.2 Å². The fourth-order valence-corrected chi connectivity index (χ4v) is 2.97. The van der Waals surface area contributed by atoms with Gasteiger partial charge in [-0.3, -0.25) is 24.1 Å². The maximum absolute atomic E-state index is 13.0. The fourth-order valence-electron chi connectivity index (χ4n) is 2.97. The molecule has 0 fully saturated rings. The minimum Gasteiger partial charge on any atom is -0.451 e. The van der Waals surface area contributed by atoms with Crippen molar-refractivity contribution in [3.63, 3.8) is 0 Å². The number of carbonyl (C=O) groups excluding carboxylic acids is 4. The Bertz CT molecular complexity index is 938. The molecule has 150 valence electrons. The zero-order chi connectivity index (χ0) is 21.1. The van der Waals surface area contributed by atoms with Gasteiger partial charge in [-0.15, -0.1) is 0 Å². The molecule has 1 heterocycles. The molecule has 3 amide bonds. The molecule has 0 saturated carbocycles. The van der Waals surface area contributed by atoms with E-state index in [0.717, 1.165) is 4.90 Å². The van der Waals surface area contributed by atoms with Crippen molar-refractivity contribution in [1.29, 1.82) is 0 Å². The van der Waals surface area contributed by atoms with Crippen LogP contribution in [0.15, 0.2) is 48.5 Å². The summed E-state index contributed by atoms with van der Waals surface area (Å²) < 4.78 is 18.1. The maximum Gasteiger partial charge on any atom is 0.326 e. The third-order valence-electron chi connectivity index (χ3n) is 4.57. The number of halogens is 1. The molecular formula is C21H19FN2O5. The lowest BCUT2D eigenvalue weighted by Crippen LogP contribution is -2.41. The van der Waals surface area contributed by atoms with Crippen molar-refractivity contribution >= 4 is 23.7 Å². The minimum absolute atomic E-state index is 0.226. The van der Waals surface area contributed by atoms with Crippen LogP contribution in [0.4, 0.5) is 4.39 Å². The van der Waals surface area contributed by atoms with Gasteiger partial charge in [-0.25, -0.2) is 4.39 Å². The maximum atomic E-state index is 13.0. The van der Waals surface area contributed by atoms with Crippen molar-refractivity contribution in [2.45, 2.75) is 26.0 Å². The van der Waals surface area contributed by atoms with Crippen molar-refractivity contribution in [3.05, 3.63) is 71.0 Å². The van der Waals surface area contributed by atoms with Gasteiger partial charge in [-0.1, -0.05) is 24.3 Å². The summed E-state index contributed by atoms with van der Waals surface area (Å²) in [6, 6.07) is 11.5. The lowest BCUT2D eigenvalue weighted by atomic mass is 10.1. The van der Waals surface area contributed by atoms with Gasteiger partial charge in [-0.2, -0.15) is 0 Å². The van der Waals surface area contributed by atoms with Crippen LogP contribution in [0.1, 0.15) is 46.2 Å². The van der Waals surface area contributed by atoms with E-state index in [4.69, 9.17) is 4.74 Å². The van der Waals surface area contributed by atoms with Gasteiger partial charge in [0.1, 0.15) is 12.4 Å². The first-order valence-electron chi connectivity index (χ1n) is 8.98. The number of nitrogens with one attached hydrogen (secondary N) is 1. The number of hydrogen-bond acceptors (Lipinski definition) is 5. The van der Waals surface area contributed by atoms with Gasteiger partial charge < -0.3 is 10.1 Å².